The molecule has 0 aliphatic carbocycles. The molecule has 0 aliphatic heterocycles. The summed E-state index contributed by atoms with van der Waals surface area (Å²) in [5, 5.41) is 0. The molecule has 0 aromatic heterocycles. The first-order valence-corrected chi connectivity index (χ1v) is 7.78. The zero-order valence-electron chi connectivity index (χ0n) is 13.8. The van der Waals surface area contributed by atoms with Crippen molar-refractivity contribution in [1.29, 1.82) is 0 Å². The van der Waals surface area contributed by atoms with Gasteiger partial charge in [0.1, 0.15) is 22.6 Å². The standard InChI is InChI=1S/C22H19O2/c1-23-20-12-8-17(9-13-20)16-22(18-6-4-3-5-7-18)19-10-14-21(24-2)15-11-19/h3-15H,1-2H3/q+1. The van der Waals surface area contributed by atoms with Crippen LogP contribution >= 0.6 is 0 Å². The Morgan fingerprint density at radius 1 is 0.625 bits per heavy atom. The predicted octanol–water partition coefficient (Wildman–Crippen LogP) is 4.99. The topological polar surface area (TPSA) is 18.5 Å². The highest BCUT2D eigenvalue weighted by Gasteiger charge is 2.13. The molecule has 2 heteroatoms. The quantitative estimate of drug-likeness (QED) is 0.488. The summed E-state index contributed by atoms with van der Waals surface area (Å²) in [5.41, 5.74) is 4.27. The molecule has 0 heterocycles. The Bertz CT molecular complexity index is 801. The summed E-state index contributed by atoms with van der Waals surface area (Å²) in [6.07, 6.45) is 3.52. The molecule has 0 saturated carbocycles. The minimum Gasteiger partial charge on any atom is -0.497 e. The lowest BCUT2D eigenvalue weighted by Crippen LogP contribution is -1.91. The SMILES string of the molecule is COc1ccc([C+]=C(c2ccccc2)c2ccc(OC)cc2)cc1. The van der Waals surface area contributed by atoms with E-state index >= 15 is 0 Å². The van der Waals surface area contributed by atoms with Gasteiger partial charge in [-0.3, -0.25) is 0 Å². The molecule has 3 aromatic rings. The van der Waals surface area contributed by atoms with Gasteiger partial charge in [-0.25, -0.2) is 0 Å². The van der Waals surface area contributed by atoms with E-state index in [9.17, 15) is 0 Å². The molecule has 0 saturated heterocycles. The first-order valence-electron chi connectivity index (χ1n) is 7.78. The molecule has 0 bridgehead atoms. The van der Waals surface area contributed by atoms with Crippen LogP contribution in [0.1, 0.15) is 16.7 Å². The highest BCUT2D eigenvalue weighted by Crippen LogP contribution is 2.26. The molecule has 0 fully saturated rings. The summed E-state index contributed by atoms with van der Waals surface area (Å²) in [6.45, 7) is 0. The first-order chi connectivity index (χ1) is 11.8. The lowest BCUT2D eigenvalue weighted by Gasteiger charge is -2.04. The molecule has 0 N–H and O–H groups in total. The molecule has 0 aliphatic rings. The Morgan fingerprint density at radius 2 is 1.12 bits per heavy atom. The van der Waals surface area contributed by atoms with Crippen molar-refractivity contribution in [2.75, 3.05) is 14.2 Å². The van der Waals surface area contributed by atoms with E-state index in [4.69, 9.17) is 9.47 Å². The summed E-state index contributed by atoms with van der Waals surface area (Å²) in [7, 11) is 3.34. The Hall–Kier alpha value is -3.09. The molecule has 0 spiro atoms. The number of methoxy groups -OCH3 is 2. The van der Waals surface area contributed by atoms with Gasteiger partial charge in [0.15, 0.2) is 0 Å². The smallest absolute Gasteiger partial charge is 0.137 e. The average molecular weight is 315 g/mol. The van der Waals surface area contributed by atoms with Crippen LogP contribution in [0.3, 0.4) is 0 Å². The second kappa shape index (κ2) is 7.45. The monoisotopic (exact) mass is 315 g/mol. The molecule has 0 unspecified atom stereocenters. The Labute approximate surface area is 143 Å². The van der Waals surface area contributed by atoms with Gasteiger partial charge in [-0.2, -0.15) is 0 Å². The van der Waals surface area contributed by atoms with Gasteiger partial charge < -0.3 is 9.47 Å². The largest absolute Gasteiger partial charge is 0.497 e. The van der Waals surface area contributed by atoms with Crippen LogP contribution in [0.2, 0.25) is 0 Å². The predicted molar refractivity (Wildman–Crippen MR) is 97.3 cm³/mol. The second-order valence-corrected chi connectivity index (χ2v) is 5.32. The Balaban J connectivity index is 2.05. The van der Waals surface area contributed by atoms with E-state index in [0.717, 1.165) is 33.8 Å². The van der Waals surface area contributed by atoms with Crippen LogP contribution in [0.15, 0.2) is 78.9 Å². The number of hydrogen-bond donors (Lipinski definition) is 0. The van der Waals surface area contributed by atoms with Crippen LogP contribution in [0.5, 0.6) is 11.5 Å². The fraction of sp³-hybridized carbons (Fsp3) is 0.0909. The minimum atomic E-state index is 0.839. The van der Waals surface area contributed by atoms with Gasteiger partial charge in [-0.1, -0.05) is 18.2 Å². The van der Waals surface area contributed by atoms with E-state index in [2.05, 4.69) is 30.3 Å². The average Bonchev–Trinajstić information content (AvgIpc) is 2.67. The maximum atomic E-state index is 5.25. The van der Waals surface area contributed by atoms with E-state index in [-0.39, 0.29) is 0 Å². The van der Waals surface area contributed by atoms with Crippen molar-refractivity contribution in [2.24, 2.45) is 0 Å². The van der Waals surface area contributed by atoms with Crippen molar-refractivity contribution < 1.29 is 9.47 Å². The molecular formula is C22H19O2+. The van der Waals surface area contributed by atoms with Crippen molar-refractivity contribution in [2.45, 2.75) is 0 Å². The molecule has 24 heavy (non-hydrogen) atoms. The normalized spacial score (nSPS) is 10.8. The van der Waals surface area contributed by atoms with Crippen LogP contribution in [0.25, 0.3) is 5.57 Å². The second-order valence-electron chi connectivity index (χ2n) is 5.32. The van der Waals surface area contributed by atoms with Gasteiger partial charge in [-0.15, -0.1) is 0 Å². The maximum Gasteiger partial charge on any atom is 0.137 e. The van der Waals surface area contributed by atoms with Crippen molar-refractivity contribution in [1.82, 2.24) is 0 Å². The highest BCUT2D eigenvalue weighted by molar-refractivity contribution is 5.80. The van der Waals surface area contributed by atoms with Gasteiger partial charge in [0.2, 0.25) is 0 Å². The van der Waals surface area contributed by atoms with Crippen LogP contribution in [-0.2, 0) is 0 Å². The van der Waals surface area contributed by atoms with E-state index in [1.165, 1.54) is 0 Å². The third kappa shape index (κ3) is 3.62. The van der Waals surface area contributed by atoms with Gasteiger partial charge in [0.05, 0.1) is 25.3 Å². The Morgan fingerprint density at radius 3 is 1.67 bits per heavy atom. The number of ether oxygens (including phenoxy) is 2. The first kappa shape index (κ1) is 15.8. The molecule has 118 valence electrons. The third-order valence-electron chi connectivity index (χ3n) is 3.80. The fourth-order valence-electron chi connectivity index (χ4n) is 2.49. The molecule has 2 nitrogen and oxygen atoms in total. The lowest BCUT2D eigenvalue weighted by molar-refractivity contribution is 0.414. The fourth-order valence-corrected chi connectivity index (χ4v) is 2.49. The Kier molecular flexibility index (Phi) is 4.90. The zero-order valence-corrected chi connectivity index (χ0v) is 13.8. The highest BCUT2D eigenvalue weighted by atomic mass is 16.5. The van der Waals surface area contributed by atoms with Crippen LogP contribution in [-0.4, -0.2) is 14.2 Å². The molecule has 0 atom stereocenters. The molecule has 3 rings (SSSR count). The lowest BCUT2D eigenvalue weighted by atomic mass is 9.95. The molecule has 3 aromatic carbocycles. The van der Waals surface area contributed by atoms with Gasteiger partial charge in [0, 0.05) is 30.3 Å². The maximum absolute atomic E-state index is 5.25. The molecule has 0 amide bonds. The van der Waals surface area contributed by atoms with Crippen molar-refractivity contribution in [3.63, 3.8) is 0 Å². The zero-order chi connectivity index (χ0) is 16.8. The number of benzene rings is 3. The van der Waals surface area contributed by atoms with E-state index in [1.807, 2.05) is 54.6 Å². The number of rotatable bonds is 5. The van der Waals surface area contributed by atoms with Crippen LogP contribution < -0.4 is 9.47 Å². The van der Waals surface area contributed by atoms with Crippen LogP contribution in [0, 0.1) is 6.08 Å². The van der Waals surface area contributed by atoms with Crippen molar-refractivity contribution in [3.8, 4) is 11.5 Å². The summed E-state index contributed by atoms with van der Waals surface area (Å²) >= 11 is 0. The van der Waals surface area contributed by atoms with Gasteiger partial charge >= 0.3 is 0 Å². The van der Waals surface area contributed by atoms with E-state index in [1.54, 1.807) is 14.2 Å². The minimum absolute atomic E-state index is 0.839. The van der Waals surface area contributed by atoms with Crippen molar-refractivity contribution >= 4 is 5.57 Å². The van der Waals surface area contributed by atoms with E-state index < -0.39 is 0 Å². The third-order valence-corrected chi connectivity index (χ3v) is 3.80. The van der Waals surface area contributed by atoms with Gasteiger partial charge in [0.25, 0.3) is 0 Å². The number of hydrogen-bond acceptors (Lipinski definition) is 2. The van der Waals surface area contributed by atoms with Gasteiger partial charge in [-0.05, 0) is 36.4 Å². The summed E-state index contributed by atoms with van der Waals surface area (Å²) in [5.74, 6) is 1.68. The summed E-state index contributed by atoms with van der Waals surface area (Å²) in [6, 6.07) is 26.2. The van der Waals surface area contributed by atoms with Crippen molar-refractivity contribution in [3.05, 3.63) is 102 Å². The molecular weight excluding hydrogens is 296 g/mol. The summed E-state index contributed by atoms with van der Waals surface area (Å²) in [4.78, 5) is 0. The van der Waals surface area contributed by atoms with Crippen LogP contribution in [0.4, 0.5) is 0 Å². The molecule has 0 radical (unpaired) electrons. The summed E-state index contributed by atoms with van der Waals surface area (Å²) < 4.78 is 10.5. The van der Waals surface area contributed by atoms with E-state index in [0.29, 0.717) is 0 Å².